The molecule has 1 aliphatic heterocycles. The number of aromatic nitrogens is 1. The number of rotatable bonds is 3. The van der Waals surface area contributed by atoms with Gasteiger partial charge in [-0.25, -0.2) is 4.79 Å². The van der Waals surface area contributed by atoms with Crippen LogP contribution < -0.4 is 0 Å². The zero-order chi connectivity index (χ0) is 14.9. The van der Waals surface area contributed by atoms with Crippen LogP contribution in [0.4, 0.5) is 13.2 Å². The molecule has 1 atom stereocenters. The van der Waals surface area contributed by atoms with Gasteiger partial charge in [-0.1, -0.05) is 17.7 Å². The molecular formula is C12H10ClF3N2O2. The van der Waals surface area contributed by atoms with E-state index in [-0.39, 0.29) is 17.3 Å². The predicted molar refractivity (Wildman–Crippen MR) is 65.0 cm³/mol. The van der Waals surface area contributed by atoms with E-state index in [1.54, 1.807) is 12.3 Å². The fourth-order valence-electron chi connectivity index (χ4n) is 1.88. The van der Waals surface area contributed by atoms with Crippen LogP contribution in [-0.2, 0) is 17.5 Å². The van der Waals surface area contributed by atoms with Crippen LogP contribution in [0.3, 0.4) is 0 Å². The van der Waals surface area contributed by atoms with Gasteiger partial charge in [-0.2, -0.15) is 13.2 Å². The topological polar surface area (TPSA) is 53.4 Å². The minimum absolute atomic E-state index is 0.0461. The normalized spacial score (nSPS) is 18.6. The Bertz CT molecular complexity index is 560. The van der Waals surface area contributed by atoms with Crippen molar-refractivity contribution in [3.05, 3.63) is 40.8 Å². The molecule has 1 aromatic rings. The summed E-state index contributed by atoms with van der Waals surface area (Å²) in [6.45, 7) is 0.0461. The van der Waals surface area contributed by atoms with E-state index in [2.05, 4.69) is 4.98 Å². The van der Waals surface area contributed by atoms with Crippen molar-refractivity contribution < 1.29 is 23.1 Å². The molecule has 1 aromatic heterocycles. The lowest BCUT2D eigenvalue weighted by molar-refractivity contribution is -0.142. The Morgan fingerprint density at radius 2 is 2.25 bits per heavy atom. The van der Waals surface area contributed by atoms with Crippen LogP contribution in [0.15, 0.2) is 24.5 Å². The fourth-order valence-corrected chi connectivity index (χ4v) is 2.11. The molecule has 0 bridgehead atoms. The van der Waals surface area contributed by atoms with Crippen molar-refractivity contribution in [1.29, 1.82) is 0 Å². The average Bonchev–Trinajstić information content (AvgIpc) is 2.78. The molecule has 108 valence electrons. The van der Waals surface area contributed by atoms with Gasteiger partial charge in [0.15, 0.2) is 0 Å². The maximum absolute atomic E-state index is 12.5. The van der Waals surface area contributed by atoms with Gasteiger partial charge < -0.3 is 10.0 Å². The molecule has 20 heavy (non-hydrogen) atoms. The van der Waals surface area contributed by atoms with Gasteiger partial charge in [-0.15, -0.1) is 0 Å². The van der Waals surface area contributed by atoms with E-state index in [0.717, 1.165) is 6.07 Å². The average molecular weight is 307 g/mol. The van der Waals surface area contributed by atoms with Gasteiger partial charge in [0.25, 0.3) is 0 Å². The van der Waals surface area contributed by atoms with E-state index in [9.17, 15) is 18.0 Å². The Kier molecular flexibility index (Phi) is 3.89. The third-order valence-corrected chi connectivity index (χ3v) is 3.25. The number of carbonyl (C=O) groups is 1. The summed E-state index contributed by atoms with van der Waals surface area (Å²) in [6.07, 6.45) is -0.220. The maximum Gasteiger partial charge on any atom is 0.417 e. The molecule has 2 heterocycles. The van der Waals surface area contributed by atoms with Crippen molar-refractivity contribution in [3.63, 3.8) is 0 Å². The highest BCUT2D eigenvalue weighted by Gasteiger charge is 2.32. The highest BCUT2D eigenvalue weighted by Crippen LogP contribution is 2.31. The summed E-state index contributed by atoms with van der Waals surface area (Å²) < 4.78 is 37.4. The quantitative estimate of drug-likeness (QED) is 0.933. The molecule has 1 aliphatic rings. The first kappa shape index (κ1) is 14.6. The van der Waals surface area contributed by atoms with Gasteiger partial charge >= 0.3 is 12.1 Å². The van der Waals surface area contributed by atoms with Crippen LogP contribution in [0.1, 0.15) is 17.7 Å². The summed E-state index contributed by atoms with van der Waals surface area (Å²) in [5, 5.41) is 8.86. The van der Waals surface area contributed by atoms with Gasteiger partial charge in [0, 0.05) is 6.20 Å². The zero-order valence-electron chi connectivity index (χ0n) is 10.1. The Balaban J connectivity index is 2.18. The number of hydrogen-bond donors (Lipinski definition) is 1. The van der Waals surface area contributed by atoms with E-state index in [4.69, 9.17) is 16.7 Å². The molecule has 0 spiro atoms. The second-order valence-electron chi connectivity index (χ2n) is 4.30. The van der Waals surface area contributed by atoms with Crippen molar-refractivity contribution in [3.8, 4) is 0 Å². The molecule has 0 amide bonds. The molecular weight excluding hydrogens is 297 g/mol. The molecule has 0 saturated heterocycles. The summed E-state index contributed by atoms with van der Waals surface area (Å²) in [4.78, 5) is 16.1. The highest BCUT2D eigenvalue weighted by molar-refractivity contribution is 6.31. The number of pyridine rings is 1. The minimum Gasteiger partial charge on any atom is -0.480 e. The fraction of sp³-hybridized carbons (Fsp3) is 0.333. The monoisotopic (exact) mass is 306 g/mol. The maximum atomic E-state index is 12.5. The molecule has 1 N–H and O–H groups in total. The second kappa shape index (κ2) is 5.32. The summed E-state index contributed by atoms with van der Waals surface area (Å²) in [5.74, 6) is -1.00. The number of nitrogens with zero attached hydrogens (tertiary/aromatic N) is 2. The minimum atomic E-state index is -4.51. The van der Waals surface area contributed by atoms with Crippen molar-refractivity contribution in [1.82, 2.24) is 9.88 Å². The smallest absolute Gasteiger partial charge is 0.417 e. The van der Waals surface area contributed by atoms with Gasteiger partial charge in [-0.05, 0) is 18.7 Å². The predicted octanol–water partition coefficient (Wildman–Crippen LogP) is 2.93. The molecule has 0 fully saturated rings. The first-order chi connectivity index (χ1) is 9.29. The van der Waals surface area contributed by atoms with Crippen molar-refractivity contribution in [2.75, 3.05) is 0 Å². The number of carboxylic acids is 1. The number of halogens is 4. The summed E-state index contributed by atoms with van der Waals surface area (Å²) in [7, 11) is 0. The number of alkyl halides is 3. The van der Waals surface area contributed by atoms with Crippen molar-refractivity contribution in [2.45, 2.75) is 25.2 Å². The van der Waals surface area contributed by atoms with Crippen LogP contribution in [0, 0.1) is 0 Å². The van der Waals surface area contributed by atoms with Crippen LogP contribution in [0.25, 0.3) is 0 Å². The van der Waals surface area contributed by atoms with Gasteiger partial charge in [0.2, 0.25) is 0 Å². The summed E-state index contributed by atoms with van der Waals surface area (Å²) in [5.41, 5.74) is -0.726. The van der Waals surface area contributed by atoms with E-state index < -0.39 is 23.8 Å². The largest absolute Gasteiger partial charge is 0.480 e. The molecule has 8 heteroatoms. The Morgan fingerprint density at radius 3 is 2.80 bits per heavy atom. The first-order valence-electron chi connectivity index (χ1n) is 5.66. The Hall–Kier alpha value is -1.76. The van der Waals surface area contributed by atoms with Crippen LogP contribution in [-0.4, -0.2) is 27.0 Å². The molecule has 0 saturated carbocycles. The lowest BCUT2D eigenvalue weighted by atomic mass is 10.2. The van der Waals surface area contributed by atoms with E-state index >= 15 is 0 Å². The van der Waals surface area contributed by atoms with Gasteiger partial charge in [0.05, 0.1) is 22.8 Å². The lowest BCUT2D eigenvalue weighted by Gasteiger charge is -2.22. The molecule has 2 rings (SSSR count). The highest BCUT2D eigenvalue weighted by atomic mass is 35.5. The van der Waals surface area contributed by atoms with Crippen LogP contribution >= 0.6 is 11.6 Å². The second-order valence-corrected chi connectivity index (χ2v) is 4.70. The van der Waals surface area contributed by atoms with Crippen molar-refractivity contribution in [2.24, 2.45) is 0 Å². The zero-order valence-corrected chi connectivity index (χ0v) is 10.8. The van der Waals surface area contributed by atoms with Gasteiger partial charge in [0.1, 0.15) is 6.04 Å². The third-order valence-electron chi connectivity index (χ3n) is 2.92. The first-order valence-corrected chi connectivity index (χ1v) is 6.03. The Labute approximate surface area is 117 Å². The standard InChI is InChI=1S/C12H10ClF3N2O2/c13-8-4-7(12(14,15)16)5-17-9(8)6-18-3-1-2-10(18)11(19)20/h1,3-5,10H,2,6H2,(H,19,20). The third kappa shape index (κ3) is 3.04. The number of aliphatic carboxylic acids is 1. The van der Waals surface area contributed by atoms with E-state index in [0.29, 0.717) is 12.6 Å². The van der Waals surface area contributed by atoms with E-state index in [1.165, 1.54) is 4.90 Å². The molecule has 1 unspecified atom stereocenters. The summed E-state index contributed by atoms with van der Waals surface area (Å²) >= 11 is 5.78. The number of carboxylic acid groups (broad SMARTS) is 1. The van der Waals surface area contributed by atoms with Crippen molar-refractivity contribution >= 4 is 17.6 Å². The number of hydrogen-bond acceptors (Lipinski definition) is 3. The van der Waals surface area contributed by atoms with Gasteiger partial charge in [-0.3, -0.25) is 4.98 Å². The molecule has 0 radical (unpaired) electrons. The molecule has 0 aromatic carbocycles. The SMILES string of the molecule is O=C(O)C1CC=CN1Cc1ncc(C(F)(F)F)cc1Cl. The summed E-state index contributed by atoms with van der Waals surface area (Å²) in [6, 6.07) is 0.0505. The van der Waals surface area contributed by atoms with Crippen LogP contribution in [0.2, 0.25) is 5.02 Å². The molecule has 4 nitrogen and oxygen atoms in total. The van der Waals surface area contributed by atoms with Crippen LogP contribution in [0.5, 0.6) is 0 Å². The van der Waals surface area contributed by atoms with E-state index in [1.807, 2.05) is 0 Å². The Morgan fingerprint density at radius 1 is 1.55 bits per heavy atom. The lowest BCUT2D eigenvalue weighted by Crippen LogP contribution is -2.34. The molecule has 0 aliphatic carbocycles.